The Bertz CT molecular complexity index is 837. The minimum Gasteiger partial charge on any atom is -0.302 e. The van der Waals surface area contributed by atoms with Gasteiger partial charge in [-0.25, -0.2) is 5.84 Å². The number of halogens is 1. The van der Waals surface area contributed by atoms with Gasteiger partial charge in [-0.3, -0.25) is 9.59 Å². The zero-order chi connectivity index (χ0) is 16.7. The van der Waals surface area contributed by atoms with Crippen LogP contribution in [0.5, 0.6) is 0 Å². The summed E-state index contributed by atoms with van der Waals surface area (Å²) in [7, 11) is 0. The van der Waals surface area contributed by atoms with E-state index in [1.807, 2.05) is 26.8 Å². The molecule has 0 aliphatic carbocycles. The first-order valence-corrected chi connectivity index (χ1v) is 7.09. The first kappa shape index (κ1) is 16.2. The molecule has 114 valence electrons. The molecule has 0 saturated carbocycles. The number of nitrogens with two attached hydrogens (primary N) is 1. The van der Waals surface area contributed by atoms with Gasteiger partial charge in [-0.2, -0.15) is 5.26 Å². The van der Waals surface area contributed by atoms with Crippen molar-refractivity contribution < 1.29 is 0 Å². The fraction of sp³-hybridized carbons (Fsp3) is 0.312. The van der Waals surface area contributed by atoms with Crippen LogP contribution < -0.4 is 21.7 Å². The summed E-state index contributed by atoms with van der Waals surface area (Å²) in [5.74, 6) is 5.97. The van der Waals surface area contributed by atoms with Crippen molar-refractivity contribution in [2.45, 2.75) is 32.7 Å². The first-order valence-electron chi connectivity index (χ1n) is 6.71. The molecule has 0 aliphatic rings. The number of hydrogen-bond acceptors (Lipinski definition) is 5. The lowest BCUT2D eigenvalue weighted by Gasteiger charge is -2.29. The standard InChI is InChI=1S/C16H16ClN3O2/c1-16(2,3)12-13(15(22)14(12)21)20(19)8-10-5-4-9(7-18)6-11(10)17/h4-6H,8,19H2,1-3H3. The second-order valence-electron chi connectivity index (χ2n) is 6.18. The normalized spacial score (nSPS) is 11.5. The quantitative estimate of drug-likeness (QED) is 0.531. The molecule has 0 aromatic heterocycles. The van der Waals surface area contributed by atoms with Crippen molar-refractivity contribution in [3.8, 4) is 6.07 Å². The average Bonchev–Trinajstić information content (AvgIpc) is 2.44. The van der Waals surface area contributed by atoms with Gasteiger partial charge < -0.3 is 5.01 Å². The predicted octanol–water partition coefficient (Wildman–Crippen LogP) is 1.99. The Morgan fingerprint density at radius 1 is 1.27 bits per heavy atom. The molecule has 0 heterocycles. The summed E-state index contributed by atoms with van der Waals surface area (Å²) >= 11 is 6.11. The molecule has 0 atom stereocenters. The van der Waals surface area contributed by atoms with Crippen LogP contribution in [0.25, 0.3) is 0 Å². The van der Waals surface area contributed by atoms with Crippen molar-refractivity contribution in [3.05, 3.63) is 60.4 Å². The van der Waals surface area contributed by atoms with Crippen molar-refractivity contribution >= 4 is 17.3 Å². The summed E-state index contributed by atoms with van der Waals surface area (Å²) in [6.07, 6.45) is 0. The maximum atomic E-state index is 11.8. The Hall–Kier alpha value is -2.16. The number of anilines is 1. The molecule has 5 nitrogen and oxygen atoms in total. The second-order valence-corrected chi connectivity index (χ2v) is 6.58. The highest BCUT2D eigenvalue weighted by Crippen LogP contribution is 2.28. The van der Waals surface area contributed by atoms with Crippen molar-refractivity contribution in [1.29, 1.82) is 5.26 Å². The third-order valence-corrected chi connectivity index (χ3v) is 3.80. The third kappa shape index (κ3) is 2.76. The van der Waals surface area contributed by atoms with Crippen LogP contribution in [0.1, 0.15) is 37.5 Å². The van der Waals surface area contributed by atoms with Crippen molar-refractivity contribution in [1.82, 2.24) is 0 Å². The van der Waals surface area contributed by atoms with E-state index < -0.39 is 16.3 Å². The van der Waals surface area contributed by atoms with E-state index in [0.717, 1.165) is 0 Å². The van der Waals surface area contributed by atoms with Crippen LogP contribution in [0.2, 0.25) is 5.02 Å². The highest BCUT2D eigenvalue weighted by Gasteiger charge is 2.32. The number of hydrogen-bond donors (Lipinski definition) is 1. The molecule has 0 amide bonds. The molecule has 0 bridgehead atoms. The van der Waals surface area contributed by atoms with Gasteiger partial charge in [0.05, 0.1) is 18.2 Å². The first-order chi connectivity index (χ1) is 10.2. The van der Waals surface area contributed by atoms with Gasteiger partial charge in [0.25, 0.3) is 5.43 Å². The lowest BCUT2D eigenvalue weighted by Crippen LogP contribution is -2.49. The second kappa shape index (κ2) is 5.56. The van der Waals surface area contributed by atoms with Crippen molar-refractivity contribution in [3.63, 3.8) is 0 Å². The van der Waals surface area contributed by atoms with Gasteiger partial charge in [0, 0.05) is 10.6 Å². The van der Waals surface area contributed by atoms with Crippen LogP contribution in [-0.4, -0.2) is 0 Å². The molecule has 22 heavy (non-hydrogen) atoms. The van der Waals surface area contributed by atoms with E-state index in [1.165, 1.54) is 11.1 Å². The number of hydrazine groups is 1. The molecule has 0 saturated heterocycles. The zero-order valence-corrected chi connectivity index (χ0v) is 13.4. The molecule has 0 unspecified atom stereocenters. The molecule has 2 N–H and O–H groups in total. The molecular weight excluding hydrogens is 302 g/mol. The number of nitriles is 1. The smallest absolute Gasteiger partial charge is 0.251 e. The van der Waals surface area contributed by atoms with Gasteiger partial charge in [0.15, 0.2) is 0 Å². The predicted molar refractivity (Wildman–Crippen MR) is 86.6 cm³/mol. The molecular formula is C16H16ClN3O2. The fourth-order valence-corrected chi connectivity index (χ4v) is 2.60. The molecule has 2 rings (SSSR count). The molecule has 2 aromatic rings. The Balaban J connectivity index is 2.34. The van der Waals surface area contributed by atoms with Crippen molar-refractivity contribution in [2.75, 3.05) is 5.01 Å². The lowest BCUT2D eigenvalue weighted by molar-refractivity contribution is 0.573. The fourth-order valence-electron chi connectivity index (χ4n) is 2.36. The summed E-state index contributed by atoms with van der Waals surface area (Å²) in [4.78, 5) is 23.6. The number of rotatable bonds is 3. The highest BCUT2D eigenvalue weighted by atomic mass is 35.5. The van der Waals surface area contributed by atoms with E-state index in [1.54, 1.807) is 12.1 Å². The number of benzene rings is 1. The van der Waals surface area contributed by atoms with E-state index in [4.69, 9.17) is 22.7 Å². The van der Waals surface area contributed by atoms with Gasteiger partial charge in [0.1, 0.15) is 5.69 Å². The lowest BCUT2D eigenvalue weighted by atomic mass is 9.82. The molecule has 6 heteroatoms. The average molecular weight is 318 g/mol. The van der Waals surface area contributed by atoms with E-state index in [-0.39, 0.29) is 12.2 Å². The summed E-state index contributed by atoms with van der Waals surface area (Å²) in [6.45, 7) is 5.75. The van der Waals surface area contributed by atoms with Crippen LogP contribution in [0.15, 0.2) is 27.8 Å². The maximum absolute atomic E-state index is 11.8. The topological polar surface area (TPSA) is 87.2 Å². The van der Waals surface area contributed by atoms with Gasteiger partial charge in [-0.1, -0.05) is 38.4 Å². The Labute approximate surface area is 133 Å². The third-order valence-electron chi connectivity index (χ3n) is 3.45. The summed E-state index contributed by atoms with van der Waals surface area (Å²) in [5.41, 5.74) is 0.286. The van der Waals surface area contributed by atoms with Gasteiger partial charge in [-0.05, 0) is 23.1 Å². The molecule has 0 radical (unpaired) electrons. The Morgan fingerprint density at radius 2 is 1.91 bits per heavy atom. The Kier molecular flexibility index (Phi) is 4.10. The zero-order valence-electron chi connectivity index (χ0n) is 12.6. The van der Waals surface area contributed by atoms with E-state index in [0.29, 0.717) is 21.7 Å². The molecule has 0 fully saturated rings. The minimum absolute atomic E-state index is 0.179. The largest absolute Gasteiger partial charge is 0.302 e. The van der Waals surface area contributed by atoms with Crippen LogP contribution >= 0.6 is 11.6 Å². The maximum Gasteiger partial charge on any atom is 0.251 e. The van der Waals surface area contributed by atoms with Crippen LogP contribution in [0, 0.1) is 11.3 Å². The summed E-state index contributed by atoms with van der Waals surface area (Å²) < 4.78 is 0. The van der Waals surface area contributed by atoms with Crippen LogP contribution in [0.3, 0.4) is 0 Å². The van der Waals surface area contributed by atoms with Gasteiger partial charge >= 0.3 is 0 Å². The minimum atomic E-state index is -0.572. The van der Waals surface area contributed by atoms with E-state index in [9.17, 15) is 9.59 Å². The summed E-state index contributed by atoms with van der Waals surface area (Å²) in [5, 5.41) is 10.5. The van der Waals surface area contributed by atoms with Crippen LogP contribution in [0.4, 0.5) is 5.69 Å². The van der Waals surface area contributed by atoms with Gasteiger partial charge in [-0.15, -0.1) is 0 Å². The summed E-state index contributed by atoms with van der Waals surface area (Å²) in [6, 6.07) is 6.85. The SMILES string of the molecule is CC(C)(C)c1c(N(N)Cc2ccc(C#N)cc2Cl)c(=O)c1=O. The Morgan fingerprint density at radius 3 is 2.41 bits per heavy atom. The van der Waals surface area contributed by atoms with E-state index >= 15 is 0 Å². The highest BCUT2D eigenvalue weighted by molar-refractivity contribution is 6.31. The van der Waals surface area contributed by atoms with Crippen LogP contribution in [-0.2, 0) is 12.0 Å². The molecule has 0 aliphatic heterocycles. The van der Waals surface area contributed by atoms with Crippen molar-refractivity contribution in [2.24, 2.45) is 5.84 Å². The molecule has 0 spiro atoms. The van der Waals surface area contributed by atoms with Gasteiger partial charge in [0.2, 0.25) is 5.43 Å². The van der Waals surface area contributed by atoms with E-state index in [2.05, 4.69) is 0 Å². The molecule has 2 aromatic carbocycles. The number of nitrogens with zero attached hydrogens (tertiary/aromatic N) is 2. The monoisotopic (exact) mass is 317 g/mol.